The van der Waals surface area contributed by atoms with Crippen LogP contribution in [0.3, 0.4) is 0 Å². The monoisotopic (exact) mass is 349 g/mol. The molecule has 0 atom stereocenters. The van der Waals surface area contributed by atoms with Crippen LogP contribution in [0.2, 0.25) is 0 Å². The Hall–Kier alpha value is -3.01. The lowest BCUT2D eigenvalue weighted by Gasteiger charge is -2.10. The minimum absolute atomic E-state index is 0.0210. The summed E-state index contributed by atoms with van der Waals surface area (Å²) in [7, 11) is 1.66. The van der Waals surface area contributed by atoms with Crippen molar-refractivity contribution < 1.29 is 14.3 Å². The molecule has 0 saturated carbocycles. The third-order valence-electron chi connectivity index (χ3n) is 4.21. The fraction of sp³-hybridized carbons (Fsp3) is 0.227. The second-order valence-electron chi connectivity index (χ2n) is 6.07. The van der Waals surface area contributed by atoms with Gasteiger partial charge in [0.15, 0.2) is 6.61 Å². The molecule has 0 fully saturated rings. The summed E-state index contributed by atoms with van der Waals surface area (Å²) in [5.74, 6) is 1.48. The summed E-state index contributed by atoms with van der Waals surface area (Å²) in [5.41, 5.74) is 1.20. The maximum absolute atomic E-state index is 12.0. The maximum atomic E-state index is 12.0. The van der Waals surface area contributed by atoms with Crippen molar-refractivity contribution in [1.29, 1.82) is 0 Å². The highest BCUT2D eigenvalue weighted by Gasteiger charge is 2.05. The molecule has 4 nitrogen and oxygen atoms in total. The Bertz CT molecular complexity index is 871. The Balaban J connectivity index is 1.43. The number of rotatable bonds is 8. The molecule has 3 rings (SSSR count). The van der Waals surface area contributed by atoms with E-state index in [0.29, 0.717) is 6.54 Å². The van der Waals surface area contributed by atoms with Gasteiger partial charge in [-0.25, -0.2) is 0 Å². The van der Waals surface area contributed by atoms with Crippen LogP contribution < -0.4 is 14.8 Å². The number of ether oxygens (including phenoxy) is 2. The van der Waals surface area contributed by atoms with Gasteiger partial charge in [-0.15, -0.1) is 0 Å². The molecule has 3 aromatic carbocycles. The van der Waals surface area contributed by atoms with Gasteiger partial charge in [0.25, 0.3) is 5.91 Å². The average Bonchev–Trinajstić information content (AvgIpc) is 2.69. The average molecular weight is 349 g/mol. The van der Waals surface area contributed by atoms with Crippen molar-refractivity contribution >= 4 is 16.7 Å². The van der Waals surface area contributed by atoms with Crippen molar-refractivity contribution in [3.63, 3.8) is 0 Å². The molecule has 4 heteroatoms. The fourth-order valence-electron chi connectivity index (χ4n) is 2.86. The van der Waals surface area contributed by atoms with E-state index in [9.17, 15) is 4.79 Å². The molecule has 0 aliphatic carbocycles. The first-order valence-electron chi connectivity index (χ1n) is 8.76. The highest BCUT2D eigenvalue weighted by atomic mass is 16.5. The van der Waals surface area contributed by atoms with Gasteiger partial charge in [-0.3, -0.25) is 4.79 Å². The second-order valence-corrected chi connectivity index (χ2v) is 6.07. The predicted octanol–water partition coefficient (Wildman–Crippen LogP) is 3.98. The second kappa shape index (κ2) is 8.90. The normalized spacial score (nSPS) is 10.5. The molecule has 0 aliphatic rings. The summed E-state index contributed by atoms with van der Waals surface area (Å²) in [5, 5.41) is 5.02. The van der Waals surface area contributed by atoms with Crippen LogP contribution in [0, 0.1) is 0 Å². The Labute approximate surface area is 153 Å². The lowest BCUT2D eigenvalue weighted by atomic mass is 10.1. The number of aryl methyl sites for hydroxylation is 1. The van der Waals surface area contributed by atoms with Crippen LogP contribution in [0.1, 0.15) is 12.0 Å². The number of benzene rings is 3. The maximum Gasteiger partial charge on any atom is 0.257 e. The van der Waals surface area contributed by atoms with Crippen LogP contribution >= 0.6 is 0 Å². The van der Waals surface area contributed by atoms with Gasteiger partial charge in [0.1, 0.15) is 11.5 Å². The molecule has 0 saturated heterocycles. The molecule has 0 heterocycles. The Morgan fingerprint density at radius 2 is 1.81 bits per heavy atom. The van der Waals surface area contributed by atoms with E-state index in [2.05, 4.69) is 11.4 Å². The number of carbonyl (C=O) groups is 1. The summed E-state index contributed by atoms with van der Waals surface area (Å²) in [6.45, 7) is 0.641. The van der Waals surface area contributed by atoms with Crippen LogP contribution in [0.25, 0.3) is 10.8 Å². The van der Waals surface area contributed by atoms with Crippen molar-refractivity contribution in [1.82, 2.24) is 5.32 Å². The van der Waals surface area contributed by atoms with Gasteiger partial charge >= 0.3 is 0 Å². The van der Waals surface area contributed by atoms with E-state index in [4.69, 9.17) is 9.47 Å². The van der Waals surface area contributed by atoms with Crippen LogP contribution in [0.15, 0.2) is 66.7 Å². The Morgan fingerprint density at radius 3 is 2.69 bits per heavy atom. The van der Waals surface area contributed by atoms with E-state index >= 15 is 0 Å². The van der Waals surface area contributed by atoms with E-state index in [1.54, 1.807) is 7.11 Å². The van der Waals surface area contributed by atoms with Gasteiger partial charge < -0.3 is 14.8 Å². The highest BCUT2D eigenvalue weighted by Crippen LogP contribution is 2.24. The topological polar surface area (TPSA) is 47.6 Å². The number of carbonyl (C=O) groups excluding carboxylic acids is 1. The molecule has 3 aromatic rings. The molecular weight excluding hydrogens is 326 g/mol. The number of hydrogen-bond donors (Lipinski definition) is 1. The fourth-order valence-corrected chi connectivity index (χ4v) is 2.86. The van der Waals surface area contributed by atoms with Gasteiger partial charge in [0.2, 0.25) is 0 Å². The smallest absolute Gasteiger partial charge is 0.257 e. The molecule has 1 amide bonds. The van der Waals surface area contributed by atoms with Gasteiger partial charge in [-0.1, -0.05) is 48.5 Å². The van der Waals surface area contributed by atoms with Crippen molar-refractivity contribution in [2.45, 2.75) is 12.8 Å². The Kier molecular flexibility index (Phi) is 6.09. The van der Waals surface area contributed by atoms with Crippen LogP contribution in [-0.4, -0.2) is 26.2 Å². The van der Waals surface area contributed by atoms with Crippen molar-refractivity contribution in [2.75, 3.05) is 20.3 Å². The zero-order valence-corrected chi connectivity index (χ0v) is 14.9. The molecule has 26 heavy (non-hydrogen) atoms. The standard InChI is InChI=1S/C22H23NO3/c1-25-19-11-4-7-17(15-19)8-6-14-23-22(24)16-26-21-13-5-10-18-9-2-3-12-20(18)21/h2-5,7,9-13,15H,6,8,14,16H2,1H3,(H,23,24). The predicted molar refractivity (Wildman–Crippen MR) is 104 cm³/mol. The van der Waals surface area contributed by atoms with E-state index in [-0.39, 0.29) is 12.5 Å². The number of fused-ring (bicyclic) bond motifs is 1. The number of amides is 1. The zero-order chi connectivity index (χ0) is 18.2. The van der Waals surface area contributed by atoms with Gasteiger partial charge in [0.05, 0.1) is 7.11 Å². The molecule has 1 N–H and O–H groups in total. The summed E-state index contributed by atoms with van der Waals surface area (Å²) in [6, 6.07) is 21.8. The quantitative estimate of drug-likeness (QED) is 0.626. The zero-order valence-electron chi connectivity index (χ0n) is 14.9. The van der Waals surface area contributed by atoms with Gasteiger partial charge in [0, 0.05) is 11.9 Å². The van der Waals surface area contributed by atoms with Crippen molar-refractivity contribution in [3.8, 4) is 11.5 Å². The van der Waals surface area contributed by atoms with E-state index in [0.717, 1.165) is 35.1 Å². The Morgan fingerprint density at radius 1 is 1.00 bits per heavy atom. The minimum Gasteiger partial charge on any atom is -0.497 e. The highest BCUT2D eigenvalue weighted by molar-refractivity contribution is 5.88. The molecule has 0 radical (unpaired) electrons. The molecular formula is C22H23NO3. The lowest BCUT2D eigenvalue weighted by molar-refractivity contribution is -0.123. The molecule has 0 spiro atoms. The third-order valence-corrected chi connectivity index (χ3v) is 4.21. The first-order chi connectivity index (χ1) is 12.8. The van der Waals surface area contributed by atoms with Gasteiger partial charge in [-0.2, -0.15) is 0 Å². The first-order valence-corrected chi connectivity index (χ1v) is 8.76. The molecule has 0 aromatic heterocycles. The van der Waals surface area contributed by atoms with E-state index in [1.165, 1.54) is 5.56 Å². The largest absolute Gasteiger partial charge is 0.497 e. The lowest BCUT2D eigenvalue weighted by Crippen LogP contribution is -2.29. The summed E-state index contributed by atoms with van der Waals surface area (Å²) < 4.78 is 10.9. The van der Waals surface area contributed by atoms with E-state index in [1.807, 2.05) is 60.7 Å². The number of methoxy groups -OCH3 is 1. The van der Waals surface area contributed by atoms with Crippen molar-refractivity contribution in [2.24, 2.45) is 0 Å². The van der Waals surface area contributed by atoms with Gasteiger partial charge in [-0.05, 0) is 42.0 Å². The first kappa shape index (κ1) is 17.8. The van der Waals surface area contributed by atoms with Crippen molar-refractivity contribution in [3.05, 3.63) is 72.3 Å². The molecule has 0 aliphatic heterocycles. The summed E-state index contributed by atoms with van der Waals surface area (Å²) >= 11 is 0. The summed E-state index contributed by atoms with van der Waals surface area (Å²) in [4.78, 5) is 12.0. The number of nitrogens with one attached hydrogen (secondary N) is 1. The van der Waals surface area contributed by atoms with E-state index < -0.39 is 0 Å². The molecule has 0 bridgehead atoms. The van der Waals surface area contributed by atoms with Crippen LogP contribution in [0.5, 0.6) is 11.5 Å². The van der Waals surface area contributed by atoms with Crippen LogP contribution in [0.4, 0.5) is 0 Å². The summed E-state index contributed by atoms with van der Waals surface area (Å²) in [6.07, 6.45) is 1.76. The van der Waals surface area contributed by atoms with Crippen LogP contribution in [-0.2, 0) is 11.2 Å². The SMILES string of the molecule is COc1cccc(CCCNC(=O)COc2cccc3ccccc23)c1. The third kappa shape index (κ3) is 4.76. The minimum atomic E-state index is -0.108. The number of hydrogen-bond acceptors (Lipinski definition) is 3. The molecule has 0 unspecified atom stereocenters. The molecule has 134 valence electrons.